The zero-order chi connectivity index (χ0) is 22.1. The molecule has 0 unspecified atom stereocenters. The van der Waals surface area contributed by atoms with E-state index in [2.05, 4.69) is 15.9 Å². The summed E-state index contributed by atoms with van der Waals surface area (Å²) < 4.78 is 15.9. The van der Waals surface area contributed by atoms with Crippen molar-refractivity contribution in [2.45, 2.75) is 6.92 Å². The van der Waals surface area contributed by atoms with E-state index in [0.29, 0.717) is 20.6 Å². The fourth-order valence-corrected chi connectivity index (χ4v) is 3.08. The van der Waals surface area contributed by atoms with Crippen molar-refractivity contribution in [2.24, 2.45) is 0 Å². The summed E-state index contributed by atoms with van der Waals surface area (Å²) in [6, 6.07) is 12.0. The number of hydrogen-bond acceptors (Lipinski definition) is 6. The number of halogens is 2. The first kappa shape index (κ1) is 23.2. The maximum absolute atomic E-state index is 12.2. The molecule has 6 nitrogen and oxygen atoms in total. The van der Waals surface area contributed by atoms with E-state index in [1.54, 1.807) is 49.4 Å². The lowest BCUT2D eigenvalue weighted by Crippen LogP contribution is -2.07. The third-order valence-corrected chi connectivity index (χ3v) is 4.62. The molecule has 2 aromatic rings. The summed E-state index contributed by atoms with van der Waals surface area (Å²) in [6.07, 6.45) is 4.14. The third-order valence-electron chi connectivity index (χ3n) is 3.69. The summed E-state index contributed by atoms with van der Waals surface area (Å²) in [5.74, 6) is -0.980. The summed E-state index contributed by atoms with van der Waals surface area (Å²) >= 11 is 9.39. The first-order chi connectivity index (χ1) is 14.4. The van der Waals surface area contributed by atoms with Gasteiger partial charge in [0.1, 0.15) is 11.6 Å². The molecule has 0 amide bonds. The first-order valence-corrected chi connectivity index (χ1v) is 9.87. The van der Waals surface area contributed by atoms with Crippen molar-refractivity contribution in [1.29, 1.82) is 5.26 Å². The molecule has 30 heavy (non-hydrogen) atoms. The number of nitriles is 1. The van der Waals surface area contributed by atoms with Crippen molar-refractivity contribution < 1.29 is 23.8 Å². The van der Waals surface area contributed by atoms with Gasteiger partial charge in [-0.25, -0.2) is 9.59 Å². The fourth-order valence-electron chi connectivity index (χ4n) is 2.34. The quantitative estimate of drug-likeness (QED) is 0.229. The number of carbonyl (C=O) groups excluding carboxylic acids is 2. The van der Waals surface area contributed by atoms with Gasteiger partial charge in [-0.3, -0.25) is 0 Å². The van der Waals surface area contributed by atoms with Gasteiger partial charge in [-0.15, -0.1) is 0 Å². The smallest absolute Gasteiger partial charge is 0.348 e. The number of rotatable bonds is 7. The average molecular weight is 491 g/mol. The summed E-state index contributed by atoms with van der Waals surface area (Å²) in [6.45, 7) is 1.80. The molecule has 0 aliphatic heterocycles. The van der Waals surface area contributed by atoms with Crippen LogP contribution in [-0.4, -0.2) is 25.7 Å². The molecule has 0 saturated heterocycles. The summed E-state index contributed by atoms with van der Waals surface area (Å²) in [7, 11) is 1.41. The van der Waals surface area contributed by atoms with E-state index < -0.39 is 11.9 Å². The van der Waals surface area contributed by atoms with E-state index in [1.165, 1.54) is 25.3 Å². The summed E-state index contributed by atoms with van der Waals surface area (Å²) in [5, 5.41) is 9.68. The molecule has 154 valence electrons. The minimum atomic E-state index is -0.727. The predicted octanol–water partition coefficient (Wildman–Crippen LogP) is 5.20. The molecule has 0 N–H and O–H groups in total. The highest BCUT2D eigenvalue weighted by Crippen LogP contribution is 2.37. The molecule has 8 heteroatoms. The second kappa shape index (κ2) is 11.2. The van der Waals surface area contributed by atoms with Gasteiger partial charge in [0.15, 0.2) is 11.5 Å². The minimum absolute atomic E-state index is 0.151. The average Bonchev–Trinajstić information content (AvgIpc) is 2.73. The second-order valence-corrected chi connectivity index (χ2v) is 6.96. The SMILES string of the molecule is CCOC(=O)/C(C#N)=C/c1cc(Br)c(OC(=O)/C=C/c2ccccc2Cl)c(OC)c1. The summed E-state index contributed by atoms with van der Waals surface area (Å²) in [5.41, 5.74) is 0.985. The van der Waals surface area contributed by atoms with E-state index in [-0.39, 0.29) is 23.7 Å². The number of benzene rings is 2. The number of ether oxygens (including phenoxy) is 3. The van der Waals surface area contributed by atoms with Gasteiger partial charge < -0.3 is 14.2 Å². The Morgan fingerprint density at radius 2 is 2.00 bits per heavy atom. The van der Waals surface area contributed by atoms with Crippen molar-refractivity contribution in [3.8, 4) is 17.6 Å². The first-order valence-electron chi connectivity index (χ1n) is 8.70. The Bertz CT molecular complexity index is 1060. The number of methoxy groups -OCH3 is 1. The van der Waals surface area contributed by atoms with E-state index in [1.807, 2.05) is 0 Å². The molecular weight excluding hydrogens is 474 g/mol. The molecule has 0 aromatic heterocycles. The van der Waals surface area contributed by atoms with Crippen LogP contribution in [0.5, 0.6) is 11.5 Å². The highest BCUT2D eigenvalue weighted by molar-refractivity contribution is 9.10. The molecule has 2 rings (SSSR count). The Morgan fingerprint density at radius 3 is 2.63 bits per heavy atom. The third kappa shape index (κ3) is 6.21. The number of nitrogens with zero attached hydrogens (tertiary/aromatic N) is 1. The Hall–Kier alpha value is -3.08. The molecule has 0 aliphatic carbocycles. The molecule has 0 aliphatic rings. The molecule has 0 heterocycles. The topological polar surface area (TPSA) is 85.6 Å². The van der Waals surface area contributed by atoms with Gasteiger partial charge in [-0.1, -0.05) is 29.8 Å². The van der Waals surface area contributed by atoms with Crippen LogP contribution in [0.25, 0.3) is 12.2 Å². The van der Waals surface area contributed by atoms with Crippen molar-refractivity contribution >= 4 is 51.6 Å². The van der Waals surface area contributed by atoms with E-state index >= 15 is 0 Å². The lowest BCUT2D eigenvalue weighted by atomic mass is 10.1. The maximum Gasteiger partial charge on any atom is 0.348 e. The Morgan fingerprint density at radius 1 is 1.27 bits per heavy atom. The van der Waals surface area contributed by atoms with Crippen LogP contribution >= 0.6 is 27.5 Å². The van der Waals surface area contributed by atoms with Crippen LogP contribution in [0.4, 0.5) is 0 Å². The lowest BCUT2D eigenvalue weighted by molar-refractivity contribution is -0.138. The van der Waals surface area contributed by atoms with Gasteiger partial charge in [0.2, 0.25) is 0 Å². The Labute approximate surface area is 187 Å². The standard InChI is InChI=1S/C22H17BrClNO5/c1-3-29-22(27)16(13-25)10-14-11-17(23)21(19(12-14)28-2)30-20(26)9-8-15-6-4-5-7-18(15)24/h4-12H,3H2,1-2H3/b9-8+,16-10+. The van der Waals surface area contributed by atoms with Crippen molar-refractivity contribution in [1.82, 2.24) is 0 Å². The van der Waals surface area contributed by atoms with Gasteiger partial charge in [0, 0.05) is 11.1 Å². The van der Waals surface area contributed by atoms with Crippen molar-refractivity contribution in [3.05, 3.63) is 68.7 Å². The van der Waals surface area contributed by atoms with Gasteiger partial charge in [-0.05, 0) is 64.3 Å². The van der Waals surface area contributed by atoms with Gasteiger partial charge in [-0.2, -0.15) is 5.26 Å². The highest BCUT2D eigenvalue weighted by Gasteiger charge is 2.16. The lowest BCUT2D eigenvalue weighted by Gasteiger charge is -2.11. The van der Waals surface area contributed by atoms with Gasteiger partial charge in [0.05, 0.1) is 18.2 Å². The minimum Gasteiger partial charge on any atom is -0.493 e. The van der Waals surface area contributed by atoms with Crippen LogP contribution in [-0.2, 0) is 14.3 Å². The molecule has 0 fully saturated rings. The monoisotopic (exact) mass is 489 g/mol. The van der Waals surface area contributed by atoms with E-state index in [4.69, 9.17) is 25.8 Å². The Balaban J connectivity index is 2.27. The van der Waals surface area contributed by atoms with E-state index in [0.717, 1.165) is 0 Å². The Kier molecular flexibility index (Phi) is 8.66. The number of esters is 2. The van der Waals surface area contributed by atoms with Crippen LogP contribution in [0.3, 0.4) is 0 Å². The summed E-state index contributed by atoms with van der Waals surface area (Å²) in [4.78, 5) is 24.0. The van der Waals surface area contributed by atoms with Crippen LogP contribution in [0.1, 0.15) is 18.1 Å². The molecule has 0 spiro atoms. The van der Waals surface area contributed by atoms with Crippen LogP contribution in [0.2, 0.25) is 5.02 Å². The van der Waals surface area contributed by atoms with Gasteiger partial charge in [0.25, 0.3) is 0 Å². The molecule has 0 saturated carbocycles. The normalized spacial score (nSPS) is 11.1. The number of carbonyl (C=O) groups is 2. The van der Waals surface area contributed by atoms with Gasteiger partial charge >= 0.3 is 11.9 Å². The maximum atomic E-state index is 12.2. The molecule has 2 aromatic carbocycles. The van der Waals surface area contributed by atoms with Crippen molar-refractivity contribution in [3.63, 3.8) is 0 Å². The van der Waals surface area contributed by atoms with Crippen LogP contribution in [0, 0.1) is 11.3 Å². The molecule has 0 atom stereocenters. The number of hydrogen-bond donors (Lipinski definition) is 0. The fraction of sp³-hybridized carbons (Fsp3) is 0.136. The van der Waals surface area contributed by atoms with Crippen LogP contribution < -0.4 is 9.47 Å². The largest absolute Gasteiger partial charge is 0.493 e. The predicted molar refractivity (Wildman–Crippen MR) is 117 cm³/mol. The molecule has 0 bridgehead atoms. The zero-order valence-corrected chi connectivity index (χ0v) is 18.5. The molecule has 0 radical (unpaired) electrons. The zero-order valence-electron chi connectivity index (χ0n) is 16.1. The van der Waals surface area contributed by atoms with Crippen molar-refractivity contribution in [2.75, 3.05) is 13.7 Å². The highest BCUT2D eigenvalue weighted by atomic mass is 79.9. The second-order valence-electron chi connectivity index (χ2n) is 5.70. The molecular formula is C22H17BrClNO5. The van der Waals surface area contributed by atoms with E-state index in [9.17, 15) is 14.9 Å². The van der Waals surface area contributed by atoms with Crippen LogP contribution in [0.15, 0.2) is 52.5 Å².